The second kappa shape index (κ2) is 10.7. The second-order valence-electron chi connectivity index (χ2n) is 7.54. The Labute approximate surface area is 172 Å². The van der Waals surface area contributed by atoms with Gasteiger partial charge in [0.15, 0.2) is 17.9 Å². The smallest absolute Gasteiger partial charge is 0.200 e. The molecule has 0 aliphatic carbocycles. The molecule has 29 heavy (non-hydrogen) atoms. The van der Waals surface area contributed by atoms with Gasteiger partial charge in [-0.3, -0.25) is 0 Å². The Hall–Kier alpha value is -1.98. The molecule has 0 saturated carbocycles. The molecule has 1 aliphatic rings. The van der Waals surface area contributed by atoms with E-state index in [2.05, 4.69) is 31.2 Å². The number of aryl methyl sites for hydroxylation is 1. The molecule has 2 aromatic rings. The van der Waals surface area contributed by atoms with Crippen LogP contribution in [0.3, 0.4) is 0 Å². The van der Waals surface area contributed by atoms with Crippen LogP contribution in [0.4, 0.5) is 8.78 Å². The standard InChI is InChI=1S/C24H30F2O3/c1-3-5-17-6-8-18(9-7-17)15-28-22-13-10-19(16-29-22)20-11-12-21(27-14-4-2)24(26)23(20)25/h6-9,11-12,19,22H,3-5,10,13-16H2,1-2H3. The van der Waals surface area contributed by atoms with Gasteiger partial charge in [0.25, 0.3) is 0 Å². The fraction of sp³-hybridized carbons (Fsp3) is 0.500. The molecular formula is C24H30F2O3. The highest BCUT2D eigenvalue weighted by molar-refractivity contribution is 5.33. The average molecular weight is 404 g/mol. The van der Waals surface area contributed by atoms with Gasteiger partial charge < -0.3 is 14.2 Å². The Morgan fingerprint density at radius 2 is 1.69 bits per heavy atom. The number of benzene rings is 2. The molecule has 0 radical (unpaired) electrons. The Kier molecular flexibility index (Phi) is 8.01. The molecular weight excluding hydrogens is 374 g/mol. The van der Waals surface area contributed by atoms with E-state index >= 15 is 0 Å². The summed E-state index contributed by atoms with van der Waals surface area (Å²) in [6.07, 6.45) is 3.97. The number of hydrogen-bond acceptors (Lipinski definition) is 3. The predicted octanol–water partition coefficient (Wildman–Crippen LogP) is 6.14. The third-order valence-electron chi connectivity index (χ3n) is 5.21. The quantitative estimate of drug-likeness (QED) is 0.502. The van der Waals surface area contributed by atoms with E-state index in [-0.39, 0.29) is 18.0 Å². The molecule has 0 N–H and O–H groups in total. The molecule has 1 heterocycles. The summed E-state index contributed by atoms with van der Waals surface area (Å²) in [6.45, 7) is 5.24. The number of ether oxygens (including phenoxy) is 3. The summed E-state index contributed by atoms with van der Waals surface area (Å²) in [4.78, 5) is 0. The van der Waals surface area contributed by atoms with Crippen LogP contribution in [-0.4, -0.2) is 19.5 Å². The van der Waals surface area contributed by atoms with E-state index in [1.807, 2.05) is 6.92 Å². The van der Waals surface area contributed by atoms with Crippen molar-refractivity contribution in [3.63, 3.8) is 0 Å². The Bertz CT molecular complexity index is 768. The average Bonchev–Trinajstić information content (AvgIpc) is 2.75. The summed E-state index contributed by atoms with van der Waals surface area (Å²) in [5.74, 6) is -1.96. The topological polar surface area (TPSA) is 27.7 Å². The first-order chi connectivity index (χ1) is 14.1. The third-order valence-corrected chi connectivity index (χ3v) is 5.21. The van der Waals surface area contributed by atoms with Crippen molar-refractivity contribution in [2.45, 2.75) is 64.8 Å². The van der Waals surface area contributed by atoms with Gasteiger partial charge in [-0.1, -0.05) is 50.6 Å². The minimum atomic E-state index is -0.916. The molecule has 2 unspecified atom stereocenters. The van der Waals surface area contributed by atoms with Crippen LogP contribution in [0.1, 0.15) is 62.1 Å². The maximum Gasteiger partial charge on any atom is 0.200 e. The Morgan fingerprint density at radius 3 is 2.34 bits per heavy atom. The van der Waals surface area contributed by atoms with Crippen molar-refractivity contribution in [1.82, 2.24) is 0 Å². The van der Waals surface area contributed by atoms with Crippen molar-refractivity contribution >= 4 is 0 Å². The summed E-state index contributed by atoms with van der Waals surface area (Å²) in [5.41, 5.74) is 2.77. The fourth-order valence-corrected chi connectivity index (χ4v) is 3.57. The maximum atomic E-state index is 14.5. The molecule has 3 rings (SSSR count). The lowest BCUT2D eigenvalue weighted by atomic mass is 9.92. The first-order valence-electron chi connectivity index (χ1n) is 10.5. The lowest BCUT2D eigenvalue weighted by Crippen LogP contribution is -2.27. The van der Waals surface area contributed by atoms with E-state index in [0.717, 1.165) is 24.8 Å². The summed E-state index contributed by atoms with van der Waals surface area (Å²) in [6, 6.07) is 11.5. The van der Waals surface area contributed by atoms with Gasteiger partial charge in [-0.25, -0.2) is 4.39 Å². The molecule has 0 aromatic heterocycles. The molecule has 1 aliphatic heterocycles. The lowest BCUT2D eigenvalue weighted by Gasteiger charge is -2.29. The first kappa shape index (κ1) is 21.7. The van der Waals surface area contributed by atoms with Crippen molar-refractivity contribution in [1.29, 1.82) is 0 Å². The lowest BCUT2D eigenvalue weighted by molar-refractivity contribution is -0.173. The van der Waals surface area contributed by atoms with E-state index in [1.165, 1.54) is 11.6 Å². The Morgan fingerprint density at radius 1 is 0.931 bits per heavy atom. The minimum Gasteiger partial charge on any atom is -0.490 e. The predicted molar refractivity (Wildman–Crippen MR) is 109 cm³/mol. The van der Waals surface area contributed by atoms with Crippen LogP contribution in [0.25, 0.3) is 0 Å². The highest BCUT2D eigenvalue weighted by Crippen LogP contribution is 2.33. The fourth-order valence-electron chi connectivity index (χ4n) is 3.57. The molecule has 3 nitrogen and oxygen atoms in total. The summed E-state index contributed by atoms with van der Waals surface area (Å²) in [5, 5.41) is 0. The summed E-state index contributed by atoms with van der Waals surface area (Å²) >= 11 is 0. The van der Waals surface area contributed by atoms with Crippen LogP contribution in [0, 0.1) is 11.6 Å². The number of halogens is 2. The van der Waals surface area contributed by atoms with Gasteiger partial charge >= 0.3 is 0 Å². The van der Waals surface area contributed by atoms with Crippen molar-refractivity contribution < 1.29 is 23.0 Å². The van der Waals surface area contributed by atoms with Crippen LogP contribution in [0.2, 0.25) is 0 Å². The number of rotatable bonds is 9. The van der Waals surface area contributed by atoms with Gasteiger partial charge in [0.2, 0.25) is 5.82 Å². The zero-order valence-electron chi connectivity index (χ0n) is 17.3. The molecule has 0 amide bonds. The monoisotopic (exact) mass is 404 g/mol. The molecule has 2 atom stereocenters. The summed E-state index contributed by atoms with van der Waals surface area (Å²) < 4.78 is 45.6. The van der Waals surface area contributed by atoms with Crippen LogP contribution in [0.15, 0.2) is 36.4 Å². The van der Waals surface area contributed by atoms with E-state index in [1.54, 1.807) is 6.07 Å². The molecule has 0 spiro atoms. The zero-order chi connectivity index (χ0) is 20.6. The van der Waals surface area contributed by atoms with Crippen molar-refractivity contribution in [3.8, 4) is 5.75 Å². The Balaban J connectivity index is 1.50. The van der Waals surface area contributed by atoms with E-state index in [4.69, 9.17) is 14.2 Å². The zero-order valence-corrected chi connectivity index (χ0v) is 17.3. The normalized spacial score (nSPS) is 19.3. The van der Waals surface area contributed by atoms with E-state index < -0.39 is 11.6 Å². The van der Waals surface area contributed by atoms with Crippen molar-refractivity contribution in [2.24, 2.45) is 0 Å². The molecule has 158 valence electrons. The van der Waals surface area contributed by atoms with Crippen LogP contribution < -0.4 is 4.74 Å². The largest absolute Gasteiger partial charge is 0.490 e. The highest BCUT2D eigenvalue weighted by atomic mass is 19.2. The molecule has 1 saturated heterocycles. The van der Waals surface area contributed by atoms with Crippen LogP contribution in [-0.2, 0) is 22.5 Å². The second-order valence-corrected chi connectivity index (χ2v) is 7.54. The minimum absolute atomic E-state index is 0.0315. The van der Waals surface area contributed by atoms with Gasteiger partial charge in [-0.05, 0) is 48.4 Å². The molecule has 0 bridgehead atoms. The first-order valence-corrected chi connectivity index (χ1v) is 10.5. The van der Waals surface area contributed by atoms with Crippen molar-refractivity contribution in [3.05, 3.63) is 64.7 Å². The maximum absolute atomic E-state index is 14.5. The molecule has 1 fully saturated rings. The van der Waals surface area contributed by atoms with E-state index in [0.29, 0.717) is 38.2 Å². The van der Waals surface area contributed by atoms with Crippen LogP contribution >= 0.6 is 0 Å². The van der Waals surface area contributed by atoms with E-state index in [9.17, 15) is 8.78 Å². The van der Waals surface area contributed by atoms with Gasteiger partial charge in [0, 0.05) is 5.92 Å². The molecule has 2 aromatic carbocycles. The van der Waals surface area contributed by atoms with Gasteiger partial charge in [0.1, 0.15) is 0 Å². The van der Waals surface area contributed by atoms with Crippen molar-refractivity contribution in [2.75, 3.05) is 13.2 Å². The van der Waals surface area contributed by atoms with Gasteiger partial charge in [0.05, 0.1) is 19.8 Å². The van der Waals surface area contributed by atoms with Gasteiger partial charge in [-0.2, -0.15) is 4.39 Å². The van der Waals surface area contributed by atoms with Crippen LogP contribution in [0.5, 0.6) is 5.75 Å². The SMILES string of the molecule is CCCOc1ccc(C2CCC(OCc3ccc(CCC)cc3)OC2)c(F)c1F. The molecule has 5 heteroatoms. The summed E-state index contributed by atoms with van der Waals surface area (Å²) in [7, 11) is 0. The highest BCUT2D eigenvalue weighted by Gasteiger charge is 2.27. The van der Waals surface area contributed by atoms with Gasteiger partial charge in [-0.15, -0.1) is 0 Å². The number of hydrogen-bond donors (Lipinski definition) is 0. The third kappa shape index (κ3) is 5.77.